The molecule has 0 amide bonds. The van der Waals surface area contributed by atoms with Crippen LogP contribution in [-0.2, 0) is 35.4 Å². The summed E-state index contributed by atoms with van der Waals surface area (Å²) in [7, 11) is 7.89. The molecule has 303 valence electrons. The molecular weight excluding hydrogens is 965 g/mol. The van der Waals surface area contributed by atoms with E-state index in [2.05, 4.69) is 101 Å². The van der Waals surface area contributed by atoms with Crippen molar-refractivity contribution in [2.24, 2.45) is 4.30 Å². The van der Waals surface area contributed by atoms with Crippen LogP contribution >= 0.6 is 51.3 Å². The molecule has 0 aliphatic carbocycles. The summed E-state index contributed by atoms with van der Waals surface area (Å²) < 4.78 is 19.0. The van der Waals surface area contributed by atoms with Crippen molar-refractivity contribution in [1.29, 1.82) is 0 Å². The molecule has 17 heteroatoms. The maximum Gasteiger partial charge on any atom is 1.00 e. The first kappa shape index (κ1) is 70.7. The van der Waals surface area contributed by atoms with E-state index >= 15 is 0 Å². The van der Waals surface area contributed by atoms with E-state index < -0.39 is 7.12 Å². The summed E-state index contributed by atoms with van der Waals surface area (Å²) in [6.45, 7) is 8.10. The van der Waals surface area contributed by atoms with Gasteiger partial charge < -0.3 is 40.9 Å². The number of ether oxygens (including phenoxy) is 3. The van der Waals surface area contributed by atoms with Gasteiger partial charge in [-0.1, -0.05) is 111 Å². The van der Waals surface area contributed by atoms with Gasteiger partial charge in [-0.25, -0.2) is 0 Å². The van der Waals surface area contributed by atoms with E-state index in [9.17, 15) is 0 Å². The number of phenolic OH excluding ortho intramolecular Hbond substituents is 1. The predicted octanol–water partition coefficient (Wildman–Crippen LogP) is 2.23. The van der Waals surface area contributed by atoms with Crippen LogP contribution in [0.1, 0.15) is 66.2 Å². The number of carbonyl (C=O) groups is 1. The maximum absolute atomic E-state index is 9.01. The number of methoxy groups -OCH3 is 3. The Hall–Kier alpha value is 0.193. The molecule has 0 saturated heterocycles. The molecule has 10 nitrogen and oxygen atoms in total. The minimum absolute atomic E-state index is 0. The van der Waals surface area contributed by atoms with Crippen molar-refractivity contribution in [2.45, 2.75) is 68.2 Å². The SMILES string of the molecule is C.C.CCc1cc(OC)ccc1B(O)O.CCc1cc(OC)ccc1Br.CCc1cccc(O)c1.CCc1cccc(OC)c1.CI.O=CO[O-].[B]=NS.[H-].[K+].[K+]. The Morgan fingerprint density at radius 3 is 1.52 bits per heavy atom. The number of aryl methyl sites for hydroxylation is 4. The van der Waals surface area contributed by atoms with Crippen LogP contribution in [-0.4, -0.2) is 62.6 Å². The predicted molar refractivity (Wildman–Crippen MR) is 241 cm³/mol. The van der Waals surface area contributed by atoms with Crippen molar-refractivity contribution < 1.29 is 149 Å². The van der Waals surface area contributed by atoms with Crippen molar-refractivity contribution in [2.75, 3.05) is 26.3 Å². The van der Waals surface area contributed by atoms with Crippen LogP contribution in [0.5, 0.6) is 23.0 Å². The molecule has 0 aliphatic rings. The second kappa shape index (κ2) is 49.6. The van der Waals surface area contributed by atoms with E-state index in [0.717, 1.165) is 53.0 Å². The summed E-state index contributed by atoms with van der Waals surface area (Å²) in [6.07, 6.45) is 3.83. The average Bonchev–Trinajstić information content (AvgIpc) is 3.19. The van der Waals surface area contributed by atoms with Gasteiger partial charge in [0.25, 0.3) is 6.47 Å². The van der Waals surface area contributed by atoms with E-state index in [0.29, 0.717) is 11.2 Å². The first-order chi connectivity index (χ1) is 25.0. The Kier molecular flexibility index (Phi) is 62.6. The minimum atomic E-state index is -1.40. The average molecular weight is 1030 g/mol. The molecule has 0 spiro atoms. The molecule has 0 bridgehead atoms. The van der Waals surface area contributed by atoms with Crippen LogP contribution < -0.4 is 128 Å². The zero-order chi connectivity index (χ0) is 40.3. The van der Waals surface area contributed by atoms with Crippen molar-refractivity contribution in [3.8, 4) is 23.0 Å². The normalized spacial score (nSPS) is 8.09. The number of carbonyl (C=O) groups excluding carboxylic acids is 1. The summed E-state index contributed by atoms with van der Waals surface area (Å²) in [5.41, 5.74) is 5.22. The summed E-state index contributed by atoms with van der Waals surface area (Å²) in [6, 6.07) is 26.6. The summed E-state index contributed by atoms with van der Waals surface area (Å²) in [5.74, 6) is 2.96. The number of phenols is 1. The molecule has 0 aliphatic heterocycles. The molecule has 0 heterocycles. The molecule has 4 rings (SSSR count). The second-order valence-electron chi connectivity index (χ2n) is 9.64. The van der Waals surface area contributed by atoms with Crippen molar-refractivity contribution in [3.05, 3.63) is 112 Å². The zero-order valence-electron chi connectivity index (χ0n) is 34.1. The van der Waals surface area contributed by atoms with Crippen molar-refractivity contribution in [3.63, 3.8) is 0 Å². The fourth-order valence-electron chi connectivity index (χ4n) is 3.88. The van der Waals surface area contributed by atoms with Crippen molar-refractivity contribution in [1.82, 2.24) is 0 Å². The van der Waals surface area contributed by atoms with Gasteiger partial charge in [-0.3, -0.25) is 4.79 Å². The molecule has 1 radical (unpaired) electrons. The van der Waals surface area contributed by atoms with E-state index in [-0.39, 0.29) is 126 Å². The molecule has 4 aromatic rings. The molecule has 56 heavy (non-hydrogen) atoms. The van der Waals surface area contributed by atoms with Gasteiger partial charge in [-0.05, 0) is 113 Å². The second-order valence-corrected chi connectivity index (χ2v) is 10.7. The van der Waals surface area contributed by atoms with Gasteiger partial charge in [0.2, 0.25) is 0 Å². The Morgan fingerprint density at radius 2 is 1.16 bits per heavy atom. The number of halogens is 2. The molecule has 4 aromatic carbocycles. The quantitative estimate of drug-likeness (QED) is 0.0377. The number of hydrogen-bond donors (Lipinski definition) is 4. The van der Waals surface area contributed by atoms with Gasteiger partial charge in [0.05, 0.1) is 21.3 Å². The third-order valence-corrected chi connectivity index (χ3v) is 7.32. The van der Waals surface area contributed by atoms with Gasteiger partial charge in [-0.2, -0.15) is 0 Å². The third-order valence-electron chi connectivity index (χ3n) is 6.54. The number of benzene rings is 4. The summed E-state index contributed by atoms with van der Waals surface area (Å²) in [5, 5.41) is 35.4. The Morgan fingerprint density at radius 1 is 0.768 bits per heavy atom. The van der Waals surface area contributed by atoms with Crippen LogP contribution in [0.2, 0.25) is 0 Å². The number of alkyl halides is 1. The fraction of sp³-hybridized carbons (Fsp3) is 0.359. The van der Waals surface area contributed by atoms with E-state index in [1.54, 1.807) is 45.6 Å². The van der Waals surface area contributed by atoms with E-state index in [1.165, 1.54) is 16.7 Å². The molecule has 0 fully saturated rings. The van der Waals surface area contributed by atoms with Gasteiger partial charge >= 0.3 is 135 Å². The summed E-state index contributed by atoms with van der Waals surface area (Å²) in [4.78, 5) is 13.2. The smallest absolute Gasteiger partial charge is 1.00 e. The van der Waals surface area contributed by atoms with Gasteiger partial charge in [0, 0.05) is 4.47 Å². The van der Waals surface area contributed by atoms with Crippen LogP contribution in [0.15, 0.2) is 93.7 Å². The number of thiol groups is 1. The first-order valence-electron chi connectivity index (χ1n) is 15.9. The largest absolute Gasteiger partial charge is 1.00 e. The van der Waals surface area contributed by atoms with Crippen molar-refractivity contribution >= 4 is 78.0 Å². The van der Waals surface area contributed by atoms with Crippen LogP contribution in [0, 0.1) is 0 Å². The first-order valence-corrected chi connectivity index (χ1v) is 19.2. The van der Waals surface area contributed by atoms with E-state index in [1.807, 2.05) is 60.4 Å². The Bertz CT molecular complexity index is 1490. The number of hydrogen-bond acceptors (Lipinski definition) is 11. The Labute approximate surface area is 453 Å². The topological polar surface area (TPSA) is 150 Å². The molecule has 3 N–H and O–H groups in total. The molecule has 0 saturated carbocycles. The molecular formula is C39H60B2BrIK2NO9S. The van der Waals surface area contributed by atoms with E-state index in [4.69, 9.17) is 39.4 Å². The van der Waals surface area contributed by atoms with Crippen LogP contribution in [0.25, 0.3) is 0 Å². The summed E-state index contributed by atoms with van der Waals surface area (Å²) >= 11 is 8.81. The minimum Gasteiger partial charge on any atom is -1.00 e. The monoisotopic (exact) mass is 1020 g/mol. The number of aromatic hydroxyl groups is 1. The van der Waals surface area contributed by atoms with Gasteiger partial charge in [0.15, 0.2) is 0 Å². The van der Waals surface area contributed by atoms with Crippen LogP contribution in [0.4, 0.5) is 0 Å². The number of rotatable bonds is 9. The fourth-order valence-corrected chi connectivity index (χ4v) is 4.41. The van der Waals surface area contributed by atoms with Crippen LogP contribution in [0.3, 0.4) is 0 Å². The van der Waals surface area contributed by atoms with Gasteiger partial charge in [0.1, 0.15) is 23.0 Å². The molecule has 0 aromatic heterocycles. The zero-order valence-corrected chi connectivity index (χ0v) is 44.0. The Balaban J connectivity index is -0.0000000855. The van der Waals surface area contributed by atoms with Gasteiger partial charge in [-0.15, -0.1) is 0 Å². The third kappa shape index (κ3) is 36.1. The number of nitrogens with zero attached hydrogens (tertiary/aromatic N) is 1. The molecule has 0 unspecified atom stereocenters. The standard InChI is InChI=1S/C9H13BO3.C9H11BrO.C9H12O.C8H10O.CH3I.CH2O3.2CH4.BHNS.2K.H/c1-3-7-6-8(13-2)4-5-9(7)10(11)12;1-3-7-6-8(11-2)4-5-9(7)10;1-3-8-5-4-6-9(7-8)10-2;1-2-7-4-3-5-8(9)6-7;1-2;2-1-4-3;;;1-2-3;;;/h4-6,11-12H,3H2,1-2H3;4-6H,3H2,1-2H3;4-7H,3H2,1-2H3;3-6,9H,2H2,1H3;1H3;1,3H;2*1H4;3H;;;/q;;;;;;;;;2*+1;-1/p-1. The molecule has 0 atom stereocenters. The maximum atomic E-state index is 9.01.